The van der Waals surface area contributed by atoms with Crippen molar-refractivity contribution in [3.8, 4) is 0 Å². The van der Waals surface area contributed by atoms with Crippen LogP contribution < -0.4 is 0 Å². The molecule has 6 rings (SSSR count). The first-order valence-corrected chi connectivity index (χ1v) is 8.79. The first kappa shape index (κ1) is 15.3. The summed E-state index contributed by atoms with van der Waals surface area (Å²) >= 11 is 0. The predicted octanol–water partition coefficient (Wildman–Crippen LogP) is 2.35. The topological polar surface area (TPSA) is 74.7 Å². The molecule has 2 amide bonds. The Labute approximate surface area is 150 Å². The van der Waals surface area contributed by atoms with Gasteiger partial charge in [-0.05, 0) is 29.2 Å². The Morgan fingerprint density at radius 3 is 1.50 bits per heavy atom. The van der Waals surface area contributed by atoms with Crippen LogP contribution in [0.15, 0.2) is 48.5 Å². The maximum atomic E-state index is 13.1. The average Bonchev–Trinajstić information content (AvgIpc) is 2.92. The summed E-state index contributed by atoms with van der Waals surface area (Å²) in [6, 6.07) is 14.8. The number of carboxylic acid groups (broad SMARTS) is 1. The van der Waals surface area contributed by atoms with Crippen LogP contribution in [0.2, 0.25) is 0 Å². The molecule has 4 aliphatic rings. The average molecular weight is 347 g/mol. The van der Waals surface area contributed by atoms with Crippen molar-refractivity contribution < 1.29 is 19.5 Å². The fourth-order valence-corrected chi connectivity index (χ4v) is 5.19. The van der Waals surface area contributed by atoms with Gasteiger partial charge in [-0.25, -0.2) is 4.79 Å². The first-order valence-electron chi connectivity index (χ1n) is 8.79. The van der Waals surface area contributed by atoms with Gasteiger partial charge in [0, 0.05) is 11.8 Å². The van der Waals surface area contributed by atoms with Gasteiger partial charge in [0.15, 0.2) is 0 Å². The molecule has 0 radical (unpaired) electrons. The number of aliphatic carboxylic acids is 1. The molecule has 5 heteroatoms. The molecule has 1 saturated heterocycles. The van der Waals surface area contributed by atoms with Crippen LogP contribution in [0.1, 0.15) is 41.0 Å². The van der Waals surface area contributed by atoms with Crippen molar-refractivity contribution in [3.05, 3.63) is 70.8 Å². The molecule has 26 heavy (non-hydrogen) atoms. The number of likely N-dealkylation sites (tertiary alicyclic amines) is 1. The Kier molecular flexibility index (Phi) is 2.97. The summed E-state index contributed by atoms with van der Waals surface area (Å²) in [4.78, 5) is 38.7. The number of hydrogen-bond acceptors (Lipinski definition) is 3. The quantitative estimate of drug-likeness (QED) is 0.846. The number of rotatable bonds is 2. The van der Waals surface area contributed by atoms with E-state index in [0.29, 0.717) is 0 Å². The molecule has 1 heterocycles. The van der Waals surface area contributed by atoms with Crippen molar-refractivity contribution in [1.29, 1.82) is 0 Å². The molecule has 0 unspecified atom stereocenters. The van der Waals surface area contributed by atoms with Crippen molar-refractivity contribution in [2.45, 2.75) is 24.8 Å². The van der Waals surface area contributed by atoms with Gasteiger partial charge in [0.1, 0.15) is 6.04 Å². The highest BCUT2D eigenvalue weighted by atomic mass is 16.4. The van der Waals surface area contributed by atoms with Gasteiger partial charge in [0.05, 0.1) is 11.8 Å². The van der Waals surface area contributed by atoms with Gasteiger partial charge < -0.3 is 5.11 Å². The Bertz CT molecular complexity index is 866. The van der Waals surface area contributed by atoms with Crippen molar-refractivity contribution in [2.75, 3.05) is 0 Å². The normalized spacial score (nSPS) is 29.2. The molecule has 5 nitrogen and oxygen atoms in total. The molecule has 3 aliphatic carbocycles. The first-order chi connectivity index (χ1) is 12.5. The third-order valence-electron chi connectivity index (χ3n) is 6.23. The molecule has 2 aromatic carbocycles. The lowest BCUT2D eigenvalue weighted by Gasteiger charge is -2.45. The summed E-state index contributed by atoms with van der Waals surface area (Å²) in [7, 11) is 0. The van der Waals surface area contributed by atoms with Crippen LogP contribution in [-0.4, -0.2) is 33.8 Å². The smallest absolute Gasteiger partial charge is 0.326 e. The minimum Gasteiger partial charge on any atom is -0.480 e. The number of carbonyl (C=O) groups is 3. The van der Waals surface area contributed by atoms with Crippen LogP contribution in [0.4, 0.5) is 0 Å². The van der Waals surface area contributed by atoms with Crippen molar-refractivity contribution in [2.24, 2.45) is 11.8 Å². The van der Waals surface area contributed by atoms with E-state index in [9.17, 15) is 19.5 Å². The number of benzene rings is 2. The Morgan fingerprint density at radius 1 is 0.846 bits per heavy atom. The van der Waals surface area contributed by atoms with Gasteiger partial charge in [-0.2, -0.15) is 0 Å². The van der Waals surface area contributed by atoms with Gasteiger partial charge in [0.25, 0.3) is 0 Å². The third kappa shape index (κ3) is 1.68. The Hall–Kier alpha value is -2.95. The van der Waals surface area contributed by atoms with Crippen LogP contribution >= 0.6 is 0 Å². The number of nitrogens with zero attached hydrogens (tertiary/aromatic N) is 1. The molecular formula is C21H17NO4. The standard InChI is InChI=1S/C21H17NO4/c1-10(21(25)26)22-19(23)17-15-11-6-2-3-7-12(11)16(18(17)20(22)24)14-9-5-4-8-13(14)15/h2-10,15-18H,1H3,(H,25,26)/t10-,15?,16?,17-,18+/m0/s1. The predicted molar refractivity (Wildman–Crippen MR) is 92.5 cm³/mol. The van der Waals surface area contributed by atoms with Crippen LogP contribution in [-0.2, 0) is 14.4 Å². The number of carboxylic acids is 1. The highest BCUT2D eigenvalue weighted by Crippen LogP contribution is 2.61. The van der Waals surface area contributed by atoms with E-state index in [1.54, 1.807) is 0 Å². The highest BCUT2D eigenvalue weighted by Gasteiger charge is 2.62. The minimum atomic E-state index is -1.16. The van der Waals surface area contributed by atoms with E-state index in [-0.39, 0.29) is 23.7 Å². The monoisotopic (exact) mass is 347 g/mol. The van der Waals surface area contributed by atoms with E-state index in [1.165, 1.54) is 6.92 Å². The molecule has 2 aromatic rings. The van der Waals surface area contributed by atoms with E-state index in [1.807, 2.05) is 48.5 Å². The second-order valence-electron chi connectivity index (χ2n) is 7.33. The van der Waals surface area contributed by atoms with E-state index < -0.39 is 23.8 Å². The largest absolute Gasteiger partial charge is 0.480 e. The van der Waals surface area contributed by atoms with Crippen LogP contribution in [0, 0.1) is 11.8 Å². The highest BCUT2D eigenvalue weighted by molar-refractivity contribution is 6.09. The SMILES string of the molecule is C[C@@H](C(=O)O)N1C(=O)[C@@H]2C3c4ccccc4C(c4ccccc43)[C@@H]2C1=O. The molecule has 2 bridgehead atoms. The van der Waals surface area contributed by atoms with Crippen molar-refractivity contribution in [3.63, 3.8) is 0 Å². The van der Waals surface area contributed by atoms with Crippen LogP contribution in [0.25, 0.3) is 0 Å². The summed E-state index contributed by atoms with van der Waals surface area (Å²) in [5.41, 5.74) is 4.35. The molecule has 1 fully saturated rings. The van der Waals surface area contributed by atoms with Gasteiger partial charge in [0.2, 0.25) is 11.8 Å². The maximum absolute atomic E-state index is 13.1. The van der Waals surface area contributed by atoms with Gasteiger partial charge in [-0.1, -0.05) is 48.5 Å². The van der Waals surface area contributed by atoms with Crippen LogP contribution in [0.5, 0.6) is 0 Å². The van der Waals surface area contributed by atoms with Crippen molar-refractivity contribution in [1.82, 2.24) is 4.90 Å². The molecular weight excluding hydrogens is 330 g/mol. The molecule has 0 spiro atoms. The zero-order chi connectivity index (χ0) is 18.2. The molecule has 1 aliphatic heterocycles. The minimum absolute atomic E-state index is 0.195. The molecule has 0 aromatic heterocycles. The van der Waals surface area contributed by atoms with Crippen LogP contribution in [0.3, 0.4) is 0 Å². The van der Waals surface area contributed by atoms with E-state index in [2.05, 4.69) is 0 Å². The van der Waals surface area contributed by atoms with Gasteiger partial charge in [-0.3, -0.25) is 14.5 Å². The fourth-order valence-electron chi connectivity index (χ4n) is 5.19. The summed E-state index contributed by atoms with van der Waals surface area (Å²) in [6.45, 7) is 1.40. The lowest BCUT2D eigenvalue weighted by molar-refractivity contribution is -0.154. The maximum Gasteiger partial charge on any atom is 0.326 e. The zero-order valence-electron chi connectivity index (χ0n) is 14.1. The number of hydrogen-bond donors (Lipinski definition) is 1. The summed E-state index contributed by atoms with van der Waals surface area (Å²) in [5, 5.41) is 9.36. The number of carbonyl (C=O) groups excluding carboxylic acids is 2. The number of amides is 2. The van der Waals surface area contributed by atoms with Crippen molar-refractivity contribution >= 4 is 17.8 Å². The lowest BCUT2D eigenvalue weighted by atomic mass is 9.55. The molecule has 3 atom stereocenters. The van der Waals surface area contributed by atoms with E-state index in [0.717, 1.165) is 27.2 Å². The van der Waals surface area contributed by atoms with E-state index in [4.69, 9.17) is 0 Å². The fraction of sp³-hybridized carbons (Fsp3) is 0.286. The summed E-state index contributed by atoms with van der Waals surface area (Å²) in [5.74, 6) is -3.28. The second-order valence-corrected chi connectivity index (χ2v) is 7.33. The van der Waals surface area contributed by atoms with Gasteiger partial charge >= 0.3 is 5.97 Å². The lowest BCUT2D eigenvalue weighted by Crippen LogP contribution is -2.43. The van der Waals surface area contributed by atoms with Gasteiger partial charge in [-0.15, -0.1) is 0 Å². The molecule has 130 valence electrons. The third-order valence-corrected chi connectivity index (χ3v) is 6.23. The second kappa shape index (κ2) is 5.04. The Balaban J connectivity index is 1.74. The van der Waals surface area contributed by atoms with E-state index >= 15 is 0 Å². The molecule has 1 N–H and O–H groups in total. The molecule has 0 saturated carbocycles. The zero-order valence-corrected chi connectivity index (χ0v) is 14.1. The Morgan fingerprint density at radius 2 is 1.19 bits per heavy atom. The summed E-state index contributed by atoms with van der Waals surface area (Å²) in [6.07, 6.45) is 0. The number of imide groups is 1. The summed E-state index contributed by atoms with van der Waals surface area (Å²) < 4.78 is 0.